The average Bonchev–Trinajstić information content (AvgIpc) is 2.37. The Morgan fingerprint density at radius 3 is 2.16 bits per heavy atom. The molecule has 0 saturated heterocycles. The Hall–Kier alpha value is -2.25. The third-order valence-electron chi connectivity index (χ3n) is 2.20. The maximum Gasteiger partial charge on any atom is 0.346 e. The molecule has 0 aliphatic carbocycles. The minimum atomic E-state index is -2.34. The van der Waals surface area contributed by atoms with E-state index >= 15 is 0 Å². The number of ether oxygens (including phenoxy) is 1. The van der Waals surface area contributed by atoms with Crippen LogP contribution in [0.2, 0.25) is 0 Å². The van der Waals surface area contributed by atoms with Gasteiger partial charge in [0.2, 0.25) is 0 Å². The van der Waals surface area contributed by atoms with Gasteiger partial charge in [0.05, 0.1) is 6.42 Å². The molecule has 19 heavy (non-hydrogen) atoms. The number of rotatable bonds is 5. The molecule has 0 radical (unpaired) electrons. The quantitative estimate of drug-likeness (QED) is 0.467. The van der Waals surface area contributed by atoms with Crippen LogP contribution >= 0.6 is 0 Å². The SMILES string of the molecule is O=C(Cc1ccccc1)OC(=O)C(O)C(O)C(=O)O. The molecular formula is C12H12O7. The maximum atomic E-state index is 11.3. The van der Waals surface area contributed by atoms with Gasteiger partial charge in [-0.05, 0) is 5.56 Å². The Bertz CT molecular complexity index is 468. The summed E-state index contributed by atoms with van der Waals surface area (Å²) < 4.78 is 4.24. The van der Waals surface area contributed by atoms with Gasteiger partial charge in [0.15, 0.2) is 12.2 Å². The van der Waals surface area contributed by atoms with Gasteiger partial charge in [0.25, 0.3) is 0 Å². The van der Waals surface area contributed by atoms with Crippen LogP contribution in [0.15, 0.2) is 30.3 Å². The first kappa shape index (κ1) is 14.8. The first-order valence-corrected chi connectivity index (χ1v) is 5.29. The number of benzene rings is 1. The van der Waals surface area contributed by atoms with E-state index in [9.17, 15) is 14.4 Å². The molecule has 0 bridgehead atoms. The number of aliphatic hydroxyl groups is 2. The molecule has 2 atom stereocenters. The lowest BCUT2D eigenvalue weighted by Gasteiger charge is -2.12. The normalized spacial score (nSPS) is 13.4. The van der Waals surface area contributed by atoms with Crippen LogP contribution in [0.3, 0.4) is 0 Å². The van der Waals surface area contributed by atoms with E-state index in [2.05, 4.69) is 4.74 Å². The number of carbonyl (C=O) groups is 3. The van der Waals surface area contributed by atoms with Crippen molar-refractivity contribution in [2.45, 2.75) is 18.6 Å². The zero-order valence-electron chi connectivity index (χ0n) is 9.72. The van der Waals surface area contributed by atoms with Gasteiger partial charge in [-0.3, -0.25) is 4.79 Å². The molecule has 0 amide bonds. The van der Waals surface area contributed by atoms with E-state index < -0.39 is 30.1 Å². The molecule has 7 nitrogen and oxygen atoms in total. The fourth-order valence-electron chi connectivity index (χ4n) is 1.24. The van der Waals surface area contributed by atoms with Crippen LogP contribution < -0.4 is 0 Å². The molecular weight excluding hydrogens is 256 g/mol. The van der Waals surface area contributed by atoms with Crippen LogP contribution in [0.4, 0.5) is 0 Å². The van der Waals surface area contributed by atoms with Gasteiger partial charge in [0.1, 0.15) is 0 Å². The number of aliphatic hydroxyl groups excluding tert-OH is 2. The number of esters is 2. The zero-order chi connectivity index (χ0) is 14.4. The van der Waals surface area contributed by atoms with Crippen LogP contribution in [0.1, 0.15) is 5.56 Å². The molecule has 0 spiro atoms. The fraction of sp³-hybridized carbons (Fsp3) is 0.250. The van der Waals surface area contributed by atoms with Crippen molar-refractivity contribution in [3.05, 3.63) is 35.9 Å². The summed E-state index contributed by atoms with van der Waals surface area (Å²) in [6.45, 7) is 0. The Morgan fingerprint density at radius 1 is 1.05 bits per heavy atom. The smallest absolute Gasteiger partial charge is 0.346 e. The number of carbonyl (C=O) groups excluding carboxylic acids is 2. The van der Waals surface area contributed by atoms with Crippen LogP contribution in [0, 0.1) is 0 Å². The van der Waals surface area contributed by atoms with Gasteiger partial charge < -0.3 is 20.1 Å². The number of carboxylic acids is 1. The third-order valence-corrected chi connectivity index (χ3v) is 2.20. The lowest BCUT2D eigenvalue weighted by Crippen LogP contribution is -2.41. The molecule has 7 heteroatoms. The molecule has 0 saturated carbocycles. The highest BCUT2D eigenvalue weighted by atomic mass is 16.6. The topological polar surface area (TPSA) is 121 Å². The summed E-state index contributed by atoms with van der Waals surface area (Å²) in [5, 5.41) is 26.4. The number of hydrogen-bond acceptors (Lipinski definition) is 6. The van der Waals surface area contributed by atoms with Crippen molar-refractivity contribution in [1.82, 2.24) is 0 Å². The van der Waals surface area contributed by atoms with Crippen LogP contribution in [-0.4, -0.2) is 45.4 Å². The molecule has 0 aromatic heterocycles. The summed E-state index contributed by atoms with van der Waals surface area (Å²) in [4.78, 5) is 32.8. The molecule has 1 aromatic rings. The standard InChI is InChI=1S/C12H12O7/c13-8(6-7-4-2-1-3-5-7)19-12(18)10(15)9(14)11(16)17/h1-5,9-10,14-15H,6H2,(H,16,17). The average molecular weight is 268 g/mol. The van der Waals surface area contributed by atoms with Gasteiger partial charge in [-0.1, -0.05) is 30.3 Å². The number of hydrogen-bond donors (Lipinski definition) is 3. The minimum Gasteiger partial charge on any atom is -0.479 e. The van der Waals surface area contributed by atoms with Crippen LogP contribution in [0.5, 0.6) is 0 Å². The number of carboxylic acid groups (broad SMARTS) is 1. The Morgan fingerprint density at radius 2 is 1.63 bits per heavy atom. The van der Waals surface area contributed by atoms with Gasteiger partial charge in [-0.15, -0.1) is 0 Å². The summed E-state index contributed by atoms with van der Waals surface area (Å²) in [5.74, 6) is -4.25. The summed E-state index contributed by atoms with van der Waals surface area (Å²) >= 11 is 0. The molecule has 2 unspecified atom stereocenters. The van der Waals surface area contributed by atoms with E-state index in [1.54, 1.807) is 30.3 Å². The van der Waals surface area contributed by atoms with E-state index in [0.717, 1.165) is 0 Å². The first-order chi connectivity index (χ1) is 8.91. The van der Waals surface area contributed by atoms with Crippen LogP contribution in [0.25, 0.3) is 0 Å². The summed E-state index contributed by atoms with van der Waals surface area (Å²) in [6.07, 6.45) is -4.85. The zero-order valence-corrected chi connectivity index (χ0v) is 9.72. The second-order valence-corrected chi connectivity index (χ2v) is 3.68. The summed E-state index contributed by atoms with van der Waals surface area (Å²) in [7, 11) is 0. The predicted molar refractivity (Wildman–Crippen MR) is 60.9 cm³/mol. The Kier molecular flexibility index (Phi) is 5.16. The van der Waals surface area contributed by atoms with E-state index in [1.165, 1.54) is 0 Å². The van der Waals surface area contributed by atoms with Gasteiger partial charge in [-0.2, -0.15) is 0 Å². The molecule has 1 aromatic carbocycles. The summed E-state index contributed by atoms with van der Waals surface area (Å²) in [5.41, 5.74) is 0.591. The lowest BCUT2D eigenvalue weighted by atomic mass is 10.1. The maximum absolute atomic E-state index is 11.3. The molecule has 3 N–H and O–H groups in total. The van der Waals surface area contributed by atoms with E-state index in [1.807, 2.05) is 0 Å². The second-order valence-electron chi connectivity index (χ2n) is 3.68. The predicted octanol–water partition coefficient (Wildman–Crippen LogP) is -0.895. The highest BCUT2D eigenvalue weighted by Crippen LogP contribution is 2.03. The second kappa shape index (κ2) is 6.62. The molecule has 0 heterocycles. The van der Waals surface area contributed by atoms with Crippen molar-refractivity contribution < 1.29 is 34.4 Å². The van der Waals surface area contributed by atoms with Crippen molar-refractivity contribution in [3.8, 4) is 0 Å². The molecule has 0 aliphatic rings. The molecule has 0 aliphatic heterocycles. The van der Waals surface area contributed by atoms with Crippen molar-refractivity contribution in [2.24, 2.45) is 0 Å². The molecule has 1 rings (SSSR count). The minimum absolute atomic E-state index is 0.206. The molecule has 102 valence electrons. The Balaban J connectivity index is 2.53. The van der Waals surface area contributed by atoms with E-state index in [4.69, 9.17) is 15.3 Å². The van der Waals surface area contributed by atoms with Crippen molar-refractivity contribution in [2.75, 3.05) is 0 Å². The first-order valence-electron chi connectivity index (χ1n) is 5.29. The van der Waals surface area contributed by atoms with Crippen molar-refractivity contribution in [1.29, 1.82) is 0 Å². The third kappa shape index (κ3) is 4.49. The van der Waals surface area contributed by atoms with Crippen molar-refractivity contribution in [3.63, 3.8) is 0 Å². The van der Waals surface area contributed by atoms with Gasteiger partial charge in [0, 0.05) is 0 Å². The lowest BCUT2D eigenvalue weighted by molar-refractivity contribution is -0.175. The van der Waals surface area contributed by atoms with Gasteiger partial charge >= 0.3 is 17.9 Å². The molecule has 0 fully saturated rings. The highest BCUT2D eigenvalue weighted by molar-refractivity contribution is 5.91. The largest absolute Gasteiger partial charge is 0.479 e. The summed E-state index contributed by atoms with van der Waals surface area (Å²) in [6, 6.07) is 8.39. The monoisotopic (exact) mass is 268 g/mol. The van der Waals surface area contributed by atoms with Crippen molar-refractivity contribution >= 4 is 17.9 Å². The number of aliphatic carboxylic acids is 1. The van der Waals surface area contributed by atoms with E-state index in [-0.39, 0.29) is 6.42 Å². The Labute approximate surface area is 108 Å². The highest BCUT2D eigenvalue weighted by Gasteiger charge is 2.32. The van der Waals surface area contributed by atoms with E-state index in [0.29, 0.717) is 5.56 Å². The van der Waals surface area contributed by atoms with Crippen LogP contribution in [-0.2, 0) is 25.5 Å². The fourth-order valence-corrected chi connectivity index (χ4v) is 1.24. The van der Waals surface area contributed by atoms with Gasteiger partial charge in [-0.25, -0.2) is 9.59 Å².